The van der Waals surface area contributed by atoms with Crippen LogP contribution >= 0.6 is 0 Å². The van der Waals surface area contributed by atoms with E-state index in [0.29, 0.717) is 12.6 Å². The molecular formula is C10H19NO2. The van der Waals surface area contributed by atoms with E-state index in [1.54, 1.807) is 0 Å². The van der Waals surface area contributed by atoms with E-state index >= 15 is 0 Å². The normalized spacial score (nSPS) is 29.4. The second-order valence-electron chi connectivity index (χ2n) is 3.72. The van der Waals surface area contributed by atoms with Gasteiger partial charge >= 0.3 is 5.97 Å². The predicted octanol–water partition coefficient (Wildman–Crippen LogP) is 1.46. The number of hydrogen-bond donors (Lipinski definition) is 1. The molecule has 0 aromatic rings. The molecule has 1 rings (SSSR count). The van der Waals surface area contributed by atoms with Crippen molar-refractivity contribution in [2.45, 2.75) is 45.1 Å². The topological polar surface area (TPSA) is 52.3 Å². The Bertz CT molecular complexity index is 170. The zero-order valence-corrected chi connectivity index (χ0v) is 8.29. The molecule has 0 aromatic heterocycles. The average molecular weight is 185 g/mol. The molecule has 1 fully saturated rings. The fourth-order valence-electron chi connectivity index (χ4n) is 1.83. The van der Waals surface area contributed by atoms with E-state index < -0.39 is 0 Å². The van der Waals surface area contributed by atoms with Gasteiger partial charge in [-0.15, -0.1) is 0 Å². The van der Waals surface area contributed by atoms with Crippen molar-refractivity contribution in [1.82, 2.24) is 0 Å². The fraction of sp³-hybridized carbons (Fsp3) is 0.900. The highest BCUT2D eigenvalue weighted by atomic mass is 16.5. The third-order valence-electron chi connectivity index (χ3n) is 2.63. The second kappa shape index (κ2) is 5.22. The number of ether oxygens (including phenoxy) is 1. The van der Waals surface area contributed by atoms with Gasteiger partial charge in [0.05, 0.1) is 12.5 Å². The molecule has 2 atom stereocenters. The zero-order chi connectivity index (χ0) is 9.68. The maximum absolute atomic E-state index is 11.4. The van der Waals surface area contributed by atoms with Crippen LogP contribution in [0.4, 0.5) is 0 Å². The molecule has 13 heavy (non-hydrogen) atoms. The van der Waals surface area contributed by atoms with Crippen molar-refractivity contribution in [2.75, 3.05) is 6.61 Å². The highest BCUT2D eigenvalue weighted by Crippen LogP contribution is 2.23. The molecule has 0 bridgehead atoms. The molecule has 1 aliphatic carbocycles. The largest absolute Gasteiger partial charge is 0.466 e. The SMILES string of the molecule is CCOC(=O)C1CCCC(N)CC1. The fourth-order valence-corrected chi connectivity index (χ4v) is 1.83. The molecule has 0 radical (unpaired) electrons. The molecule has 76 valence electrons. The molecule has 0 saturated heterocycles. The summed E-state index contributed by atoms with van der Waals surface area (Å²) in [5.41, 5.74) is 5.82. The summed E-state index contributed by atoms with van der Waals surface area (Å²) in [6.07, 6.45) is 4.93. The van der Waals surface area contributed by atoms with Gasteiger partial charge < -0.3 is 10.5 Å². The van der Waals surface area contributed by atoms with Gasteiger partial charge in [0.2, 0.25) is 0 Å². The highest BCUT2D eigenvalue weighted by molar-refractivity contribution is 5.72. The van der Waals surface area contributed by atoms with Crippen LogP contribution in [-0.4, -0.2) is 18.6 Å². The first-order valence-corrected chi connectivity index (χ1v) is 5.16. The van der Waals surface area contributed by atoms with E-state index in [9.17, 15) is 4.79 Å². The minimum atomic E-state index is -0.0309. The summed E-state index contributed by atoms with van der Waals surface area (Å²) >= 11 is 0. The van der Waals surface area contributed by atoms with Gasteiger partial charge in [0.25, 0.3) is 0 Å². The van der Waals surface area contributed by atoms with E-state index in [1.807, 2.05) is 6.92 Å². The van der Waals surface area contributed by atoms with Crippen LogP contribution in [0.3, 0.4) is 0 Å². The summed E-state index contributed by atoms with van der Waals surface area (Å²) in [5, 5.41) is 0. The average Bonchev–Trinajstić information content (AvgIpc) is 2.30. The monoisotopic (exact) mass is 185 g/mol. The predicted molar refractivity (Wildman–Crippen MR) is 51.2 cm³/mol. The summed E-state index contributed by atoms with van der Waals surface area (Å²) in [5.74, 6) is 0.0742. The highest BCUT2D eigenvalue weighted by Gasteiger charge is 2.23. The molecule has 0 spiro atoms. The molecule has 0 amide bonds. The lowest BCUT2D eigenvalue weighted by atomic mass is 10.0. The zero-order valence-electron chi connectivity index (χ0n) is 8.29. The van der Waals surface area contributed by atoms with Crippen molar-refractivity contribution < 1.29 is 9.53 Å². The van der Waals surface area contributed by atoms with Gasteiger partial charge in [0.1, 0.15) is 0 Å². The first kappa shape index (κ1) is 10.5. The molecule has 1 aliphatic rings. The van der Waals surface area contributed by atoms with Crippen molar-refractivity contribution in [3.8, 4) is 0 Å². The Balaban J connectivity index is 2.37. The van der Waals surface area contributed by atoms with Crippen LogP contribution in [0.2, 0.25) is 0 Å². The number of nitrogens with two attached hydrogens (primary N) is 1. The Morgan fingerprint density at radius 2 is 2.15 bits per heavy atom. The summed E-state index contributed by atoms with van der Waals surface area (Å²) < 4.78 is 4.99. The Morgan fingerprint density at radius 1 is 1.38 bits per heavy atom. The minimum Gasteiger partial charge on any atom is -0.466 e. The smallest absolute Gasteiger partial charge is 0.308 e. The Kier molecular flexibility index (Phi) is 4.22. The number of esters is 1. The van der Waals surface area contributed by atoms with Gasteiger partial charge in [0, 0.05) is 6.04 Å². The first-order valence-electron chi connectivity index (χ1n) is 5.16. The lowest BCUT2D eigenvalue weighted by Gasteiger charge is -2.11. The van der Waals surface area contributed by atoms with Gasteiger partial charge in [-0.05, 0) is 32.6 Å². The van der Waals surface area contributed by atoms with E-state index in [4.69, 9.17) is 10.5 Å². The third-order valence-corrected chi connectivity index (χ3v) is 2.63. The molecule has 2 unspecified atom stereocenters. The van der Waals surface area contributed by atoms with Gasteiger partial charge in [-0.25, -0.2) is 0 Å². The molecular weight excluding hydrogens is 166 g/mol. The molecule has 3 nitrogen and oxygen atoms in total. The molecule has 2 N–H and O–H groups in total. The first-order chi connectivity index (χ1) is 6.24. The van der Waals surface area contributed by atoms with Crippen molar-refractivity contribution in [2.24, 2.45) is 11.7 Å². The molecule has 0 aromatic carbocycles. The Morgan fingerprint density at radius 3 is 2.85 bits per heavy atom. The quantitative estimate of drug-likeness (QED) is 0.523. The summed E-state index contributed by atoms with van der Waals surface area (Å²) in [4.78, 5) is 11.4. The molecule has 0 heterocycles. The summed E-state index contributed by atoms with van der Waals surface area (Å²) in [6.45, 7) is 2.34. The maximum Gasteiger partial charge on any atom is 0.308 e. The van der Waals surface area contributed by atoms with Crippen molar-refractivity contribution >= 4 is 5.97 Å². The van der Waals surface area contributed by atoms with Crippen molar-refractivity contribution in [3.05, 3.63) is 0 Å². The lowest BCUT2D eigenvalue weighted by Crippen LogP contribution is -2.20. The van der Waals surface area contributed by atoms with Crippen LogP contribution in [0.1, 0.15) is 39.0 Å². The maximum atomic E-state index is 11.4. The summed E-state index contributed by atoms with van der Waals surface area (Å²) in [7, 11) is 0. The Hall–Kier alpha value is -0.570. The van der Waals surface area contributed by atoms with E-state index in [2.05, 4.69) is 0 Å². The van der Waals surface area contributed by atoms with Crippen LogP contribution < -0.4 is 5.73 Å². The number of rotatable bonds is 2. The third kappa shape index (κ3) is 3.35. The van der Waals surface area contributed by atoms with Crippen LogP contribution in [0.5, 0.6) is 0 Å². The van der Waals surface area contributed by atoms with Crippen molar-refractivity contribution in [1.29, 1.82) is 0 Å². The standard InChI is InChI=1S/C10H19NO2/c1-2-13-10(12)8-4-3-5-9(11)7-6-8/h8-9H,2-7,11H2,1H3. The van der Waals surface area contributed by atoms with Gasteiger partial charge in [-0.2, -0.15) is 0 Å². The van der Waals surface area contributed by atoms with Crippen LogP contribution in [-0.2, 0) is 9.53 Å². The Labute approximate surface area is 79.6 Å². The van der Waals surface area contributed by atoms with Gasteiger partial charge in [-0.3, -0.25) is 4.79 Å². The van der Waals surface area contributed by atoms with Crippen LogP contribution in [0.25, 0.3) is 0 Å². The van der Waals surface area contributed by atoms with Crippen LogP contribution in [0.15, 0.2) is 0 Å². The van der Waals surface area contributed by atoms with Gasteiger partial charge in [-0.1, -0.05) is 6.42 Å². The second-order valence-corrected chi connectivity index (χ2v) is 3.72. The van der Waals surface area contributed by atoms with E-state index in [-0.39, 0.29) is 11.9 Å². The van der Waals surface area contributed by atoms with Crippen LogP contribution in [0, 0.1) is 5.92 Å². The van der Waals surface area contributed by atoms with E-state index in [1.165, 1.54) is 0 Å². The molecule has 0 aliphatic heterocycles. The van der Waals surface area contributed by atoms with E-state index in [0.717, 1.165) is 32.1 Å². The van der Waals surface area contributed by atoms with Crippen molar-refractivity contribution in [3.63, 3.8) is 0 Å². The number of hydrogen-bond acceptors (Lipinski definition) is 3. The molecule has 1 saturated carbocycles. The molecule has 3 heteroatoms. The number of carbonyl (C=O) groups is 1. The lowest BCUT2D eigenvalue weighted by molar-refractivity contribution is -0.148. The summed E-state index contributed by atoms with van der Waals surface area (Å²) in [6, 6.07) is 0.291. The minimum absolute atomic E-state index is 0.0309. The number of carbonyl (C=O) groups excluding carboxylic acids is 1. The van der Waals surface area contributed by atoms with Gasteiger partial charge in [0.15, 0.2) is 0 Å².